The van der Waals surface area contributed by atoms with E-state index in [1.807, 2.05) is 6.07 Å². The Morgan fingerprint density at radius 1 is 1.12 bits per heavy atom. The van der Waals surface area contributed by atoms with Crippen LogP contribution in [-0.2, 0) is 21.7 Å². The highest BCUT2D eigenvalue weighted by Crippen LogP contribution is 2.69. The number of terminal acetylenes is 1. The van der Waals surface area contributed by atoms with E-state index >= 15 is 0 Å². The summed E-state index contributed by atoms with van der Waals surface area (Å²) in [6.07, 6.45) is 8.97. The van der Waals surface area contributed by atoms with Gasteiger partial charge in [-0.05, 0) is 61.4 Å². The molecule has 9 nitrogen and oxygen atoms in total. The largest absolute Gasteiger partial charge is 0.489 e. The number of nitro benzene ring substituents is 1. The van der Waals surface area contributed by atoms with Crippen molar-refractivity contribution in [1.82, 2.24) is 0 Å². The summed E-state index contributed by atoms with van der Waals surface area (Å²) in [6.45, 7) is -0.0712. The topological polar surface area (TPSA) is 112 Å². The van der Waals surface area contributed by atoms with Crippen LogP contribution in [0.4, 0.5) is 16.2 Å². The highest BCUT2D eigenvalue weighted by molar-refractivity contribution is 6.02. The number of carbonyl (C=O) groups excluding carboxylic acids is 2. The van der Waals surface area contributed by atoms with Crippen LogP contribution in [0.2, 0.25) is 0 Å². The maximum absolute atomic E-state index is 13.8. The minimum absolute atomic E-state index is 0.0591. The van der Waals surface area contributed by atoms with Crippen LogP contribution < -0.4 is 14.4 Å². The van der Waals surface area contributed by atoms with E-state index in [0.29, 0.717) is 47.6 Å². The first-order valence-corrected chi connectivity index (χ1v) is 13.3. The number of Topliss-reactive ketones (excluding diaryl/α,β-unsaturated/α-hetero) is 1. The van der Waals surface area contributed by atoms with Crippen molar-refractivity contribution in [3.8, 4) is 35.7 Å². The first-order valence-electron chi connectivity index (χ1n) is 13.3. The number of carbonyl (C=O) groups is 2. The normalized spacial score (nSPS) is 23.4. The van der Waals surface area contributed by atoms with Crippen LogP contribution in [0.25, 0.3) is 0 Å². The van der Waals surface area contributed by atoms with E-state index in [9.17, 15) is 19.7 Å². The smallest absolute Gasteiger partial charge is 0.420 e. The average Bonchev–Trinajstić information content (AvgIpc) is 3.72. The number of allylic oxidation sites excluding steroid dienone is 2. The quantitative estimate of drug-likeness (QED) is 0.176. The molecule has 0 aromatic heterocycles. The highest BCUT2D eigenvalue weighted by Gasteiger charge is 2.82. The molecule has 3 unspecified atom stereocenters. The molecule has 42 heavy (non-hydrogen) atoms. The third kappa shape index (κ3) is 4.28. The lowest BCUT2D eigenvalue weighted by Crippen LogP contribution is -2.58. The Bertz CT molecular complexity index is 1730. The Labute approximate surface area is 241 Å². The second-order valence-electron chi connectivity index (χ2n) is 10.0. The van der Waals surface area contributed by atoms with Crippen molar-refractivity contribution in [3.63, 3.8) is 0 Å². The van der Waals surface area contributed by atoms with Crippen LogP contribution in [0.3, 0.4) is 0 Å². The van der Waals surface area contributed by atoms with E-state index in [0.717, 1.165) is 0 Å². The molecule has 1 aliphatic carbocycles. The van der Waals surface area contributed by atoms with E-state index in [-0.39, 0.29) is 18.1 Å². The number of hydrogen-bond donors (Lipinski definition) is 0. The molecule has 1 saturated carbocycles. The summed E-state index contributed by atoms with van der Waals surface area (Å²) in [7, 11) is 0. The predicted molar refractivity (Wildman–Crippen MR) is 153 cm³/mol. The Balaban J connectivity index is 1.43. The Kier molecular flexibility index (Phi) is 6.74. The van der Waals surface area contributed by atoms with E-state index < -0.39 is 28.3 Å². The number of nitrogens with zero attached hydrogens (tertiary/aromatic N) is 2. The van der Waals surface area contributed by atoms with Crippen LogP contribution in [0, 0.1) is 34.3 Å². The molecule has 3 aliphatic rings. The summed E-state index contributed by atoms with van der Waals surface area (Å²) in [5.41, 5.74) is -1.19. The second-order valence-corrected chi connectivity index (χ2v) is 10.0. The molecule has 9 heteroatoms. The van der Waals surface area contributed by atoms with Gasteiger partial charge >= 0.3 is 6.09 Å². The van der Waals surface area contributed by atoms with Gasteiger partial charge in [-0.25, -0.2) is 4.79 Å². The zero-order chi connectivity index (χ0) is 29.3. The van der Waals surface area contributed by atoms with Crippen LogP contribution in [0.5, 0.6) is 11.5 Å². The molecule has 1 amide bonds. The standard InChI is InChI=1S/C33H24N2O7/c1-2-3-4-8-16-29-32-20-11-17-30(36)33(32,42-32)26-21-25(40-22-23-12-9-10-15-27(23)35(38)39)18-19-28(26)34(29)31(37)41-24-13-6-5-7-14-24/h1,3-7,9-10,12-15,18-19,21,29H,11,17,20,22H2. The summed E-state index contributed by atoms with van der Waals surface area (Å²) in [4.78, 5) is 39.8. The number of ether oxygens (including phenoxy) is 3. The molecule has 6 rings (SSSR count). The molecule has 0 spiro atoms. The van der Waals surface area contributed by atoms with Crippen LogP contribution >= 0.6 is 0 Å². The fourth-order valence-electron chi connectivity index (χ4n) is 5.93. The average molecular weight is 561 g/mol. The number of hydrogen-bond acceptors (Lipinski definition) is 7. The van der Waals surface area contributed by atoms with Crippen molar-refractivity contribution >= 4 is 23.3 Å². The van der Waals surface area contributed by atoms with Crippen LogP contribution in [-0.4, -0.2) is 28.4 Å². The zero-order valence-corrected chi connectivity index (χ0v) is 22.3. The molecule has 2 aliphatic heterocycles. The summed E-state index contributed by atoms with van der Waals surface area (Å²) in [6, 6.07) is 19.1. The van der Waals surface area contributed by atoms with E-state index in [1.54, 1.807) is 60.7 Å². The monoisotopic (exact) mass is 560 g/mol. The number of para-hydroxylation sites is 2. The van der Waals surface area contributed by atoms with Gasteiger partial charge in [0, 0.05) is 18.1 Å². The molecule has 0 radical (unpaired) electrons. The van der Waals surface area contributed by atoms with Gasteiger partial charge in [-0.3, -0.25) is 19.8 Å². The van der Waals surface area contributed by atoms with Gasteiger partial charge < -0.3 is 14.2 Å². The van der Waals surface area contributed by atoms with Crippen molar-refractivity contribution in [2.45, 2.75) is 43.1 Å². The second kappa shape index (κ2) is 10.5. The van der Waals surface area contributed by atoms with Crippen molar-refractivity contribution < 1.29 is 28.7 Å². The van der Waals surface area contributed by atoms with Crippen molar-refractivity contribution in [2.75, 3.05) is 4.90 Å². The van der Waals surface area contributed by atoms with Crippen molar-refractivity contribution in [3.05, 3.63) is 106 Å². The first-order chi connectivity index (χ1) is 20.4. The number of anilines is 1. The first kappa shape index (κ1) is 26.8. The lowest BCUT2D eigenvalue weighted by atomic mass is 9.68. The van der Waals surface area contributed by atoms with E-state index in [1.165, 1.54) is 23.1 Å². The van der Waals surface area contributed by atoms with Gasteiger partial charge in [-0.15, -0.1) is 6.42 Å². The van der Waals surface area contributed by atoms with Crippen LogP contribution in [0.15, 0.2) is 84.9 Å². The number of ketones is 1. The molecule has 3 aromatic rings. The highest BCUT2D eigenvalue weighted by atomic mass is 16.6. The summed E-state index contributed by atoms with van der Waals surface area (Å²) in [5, 5.41) is 11.5. The summed E-state index contributed by atoms with van der Waals surface area (Å²) >= 11 is 0. The molecule has 2 heterocycles. The number of rotatable bonds is 5. The molecule has 0 N–H and O–H groups in total. The minimum atomic E-state index is -1.31. The molecule has 0 bridgehead atoms. The van der Waals surface area contributed by atoms with Gasteiger partial charge in [-0.1, -0.05) is 48.1 Å². The van der Waals surface area contributed by atoms with Gasteiger partial charge in [0.05, 0.1) is 16.2 Å². The maximum atomic E-state index is 13.8. The molecule has 3 aromatic carbocycles. The van der Waals surface area contributed by atoms with E-state index in [4.69, 9.17) is 20.6 Å². The van der Waals surface area contributed by atoms with Crippen LogP contribution in [0.1, 0.15) is 30.4 Å². The van der Waals surface area contributed by atoms with E-state index in [2.05, 4.69) is 17.8 Å². The molecular formula is C33H24N2O7. The third-order valence-electron chi connectivity index (χ3n) is 7.75. The number of benzene rings is 3. The van der Waals surface area contributed by atoms with Crippen molar-refractivity contribution in [2.24, 2.45) is 0 Å². The Hall–Kier alpha value is -5.38. The zero-order valence-electron chi connectivity index (χ0n) is 22.3. The molecule has 1 saturated heterocycles. The van der Waals surface area contributed by atoms with Crippen molar-refractivity contribution in [1.29, 1.82) is 0 Å². The Morgan fingerprint density at radius 2 is 1.90 bits per heavy atom. The number of fused-ring (bicyclic) bond motifs is 1. The Morgan fingerprint density at radius 3 is 2.69 bits per heavy atom. The number of nitro groups is 1. The van der Waals surface area contributed by atoms with Gasteiger partial charge in [-0.2, -0.15) is 0 Å². The fraction of sp³-hybridized carbons (Fsp3) is 0.212. The lowest BCUT2D eigenvalue weighted by molar-refractivity contribution is -0.385. The molecule has 2 fully saturated rings. The SMILES string of the molecule is C#CC=CC#CC1N(C(=O)Oc2ccccc2)c2ccc(OCc3ccccc3[N+](=O)[O-])cc2C23OC12CCCC3=O. The van der Waals surface area contributed by atoms with Gasteiger partial charge in [0.2, 0.25) is 0 Å². The minimum Gasteiger partial charge on any atom is -0.489 e. The summed E-state index contributed by atoms with van der Waals surface area (Å²) < 4.78 is 18.1. The molecule has 3 atom stereocenters. The van der Waals surface area contributed by atoms with Gasteiger partial charge in [0.15, 0.2) is 11.4 Å². The molecule has 208 valence electrons. The number of epoxide rings is 1. The third-order valence-corrected chi connectivity index (χ3v) is 7.75. The predicted octanol–water partition coefficient (Wildman–Crippen LogP) is 5.47. The number of amides is 1. The lowest BCUT2D eigenvalue weighted by Gasteiger charge is -2.40. The van der Waals surface area contributed by atoms with Gasteiger partial charge in [0.25, 0.3) is 5.69 Å². The maximum Gasteiger partial charge on any atom is 0.420 e. The fourth-order valence-corrected chi connectivity index (χ4v) is 5.93. The summed E-state index contributed by atoms with van der Waals surface area (Å²) in [5.74, 6) is 9.00. The molecular weight excluding hydrogens is 536 g/mol. The van der Waals surface area contributed by atoms with Gasteiger partial charge in [0.1, 0.15) is 29.7 Å².